The van der Waals surface area contributed by atoms with Crippen LogP contribution in [0.5, 0.6) is 0 Å². The molecule has 0 amide bonds. The number of hydrogen-bond donors (Lipinski definition) is 4. The van der Waals surface area contributed by atoms with Crippen LogP contribution in [0.3, 0.4) is 0 Å². The van der Waals surface area contributed by atoms with Gasteiger partial charge in [-0.05, 0) is 11.6 Å². The number of aromatic amines is 1. The summed E-state index contributed by atoms with van der Waals surface area (Å²) >= 11 is 12.6. The highest BCUT2D eigenvalue weighted by atomic mass is 32.1. The maximum atomic E-state index is 4.21. The maximum absolute atomic E-state index is 4.21. The van der Waals surface area contributed by atoms with Gasteiger partial charge in [0.2, 0.25) is 0 Å². The van der Waals surface area contributed by atoms with Gasteiger partial charge in [0.15, 0.2) is 0 Å². The summed E-state index contributed by atoms with van der Waals surface area (Å²) in [5, 5.41) is 0. The molecular weight excluding hydrogens is 194 g/mol. The third-order valence-corrected chi connectivity index (χ3v) is 2.54. The fraction of sp³-hybridized carbons (Fsp3) is 0.429. The Morgan fingerprint density at radius 2 is 1.82 bits per heavy atom. The van der Waals surface area contributed by atoms with Crippen molar-refractivity contribution in [2.24, 2.45) is 0 Å². The number of aromatic nitrogens is 1. The van der Waals surface area contributed by atoms with Gasteiger partial charge in [0.25, 0.3) is 0 Å². The maximum Gasteiger partial charge on any atom is 0.0309 e. The molecule has 1 rings (SSSR count). The lowest BCUT2D eigenvalue weighted by molar-refractivity contribution is 1.14. The van der Waals surface area contributed by atoms with Crippen molar-refractivity contribution in [2.45, 2.75) is 17.3 Å². The van der Waals surface area contributed by atoms with Crippen molar-refractivity contribution in [3.05, 3.63) is 23.0 Å². The van der Waals surface area contributed by atoms with E-state index in [0.717, 1.165) is 28.6 Å². The summed E-state index contributed by atoms with van der Waals surface area (Å²) in [5.41, 5.74) is 3.53. The predicted molar refractivity (Wildman–Crippen MR) is 58.9 cm³/mol. The van der Waals surface area contributed by atoms with Gasteiger partial charge in [0.05, 0.1) is 0 Å². The van der Waals surface area contributed by atoms with Gasteiger partial charge in [-0.3, -0.25) is 0 Å². The van der Waals surface area contributed by atoms with Gasteiger partial charge in [-0.25, -0.2) is 0 Å². The molecule has 0 fully saturated rings. The molecule has 0 aromatic carbocycles. The van der Waals surface area contributed by atoms with Crippen LogP contribution in [0.15, 0.2) is 6.07 Å². The summed E-state index contributed by atoms with van der Waals surface area (Å²) in [7, 11) is 0. The van der Waals surface area contributed by atoms with Crippen molar-refractivity contribution in [2.75, 3.05) is 0 Å². The van der Waals surface area contributed by atoms with Crippen LogP contribution in [0.4, 0.5) is 0 Å². The highest BCUT2D eigenvalue weighted by molar-refractivity contribution is 7.79. The Morgan fingerprint density at radius 3 is 2.18 bits per heavy atom. The van der Waals surface area contributed by atoms with Crippen LogP contribution in [0, 0.1) is 0 Å². The van der Waals surface area contributed by atoms with E-state index in [-0.39, 0.29) is 0 Å². The average Bonchev–Trinajstić information content (AvgIpc) is 2.46. The molecule has 0 unspecified atom stereocenters. The van der Waals surface area contributed by atoms with E-state index in [1.165, 1.54) is 5.56 Å². The lowest BCUT2D eigenvalue weighted by Gasteiger charge is -1.93. The van der Waals surface area contributed by atoms with Crippen molar-refractivity contribution in [3.63, 3.8) is 0 Å². The monoisotopic (exact) mass is 205 g/mol. The molecular formula is C7H11NS3. The minimum absolute atomic E-state index is 0.740. The fourth-order valence-electron chi connectivity index (χ4n) is 0.975. The zero-order valence-electron chi connectivity index (χ0n) is 6.04. The van der Waals surface area contributed by atoms with Crippen molar-refractivity contribution in [3.8, 4) is 0 Å². The van der Waals surface area contributed by atoms with Gasteiger partial charge in [-0.2, -0.15) is 37.9 Å². The van der Waals surface area contributed by atoms with E-state index >= 15 is 0 Å². The molecule has 0 radical (unpaired) electrons. The SMILES string of the molecule is SCc1cc(CS)c(CS)[nH]1. The molecule has 0 aliphatic heterocycles. The summed E-state index contributed by atoms with van der Waals surface area (Å²) in [5.74, 6) is 2.25. The summed E-state index contributed by atoms with van der Waals surface area (Å²) in [6, 6.07) is 2.09. The molecule has 0 spiro atoms. The highest BCUT2D eigenvalue weighted by Crippen LogP contribution is 2.16. The van der Waals surface area contributed by atoms with E-state index in [4.69, 9.17) is 0 Å². The predicted octanol–water partition coefficient (Wildman–Crippen LogP) is 2.30. The molecule has 4 heteroatoms. The molecule has 1 heterocycles. The molecule has 0 saturated heterocycles. The van der Waals surface area contributed by atoms with Crippen LogP contribution in [0.2, 0.25) is 0 Å². The van der Waals surface area contributed by atoms with E-state index in [1.807, 2.05) is 0 Å². The first-order valence-electron chi connectivity index (χ1n) is 3.34. The van der Waals surface area contributed by atoms with E-state index in [2.05, 4.69) is 48.9 Å². The van der Waals surface area contributed by atoms with Gasteiger partial charge in [-0.1, -0.05) is 0 Å². The Kier molecular flexibility index (Phi) is 3.75. The zero-order valence-corrected chi connectivity index (χ0v) is 8.72. The molecule has 0 saturated carbocycles. The van der Waals surface area contributed by atoms with Crippen LogP contribution in [0.1, 0.15) is 17.0 Å². The molecule has 0 atom stereocenters. The minimum atomic E-state index is 0.740. The van der Waals surface area contributed by atoms with Crippen molar-refractivity contribution in [1.29, 1.82) is 0 Å². The quantitative estimate of drug-likeness (QED) is 0.542. The second-order valence-corrected chi connectivity index (χ2v) is 3.22. The Labute approximate surface area is 83.2 Å². The molecule has 11 heavy (non-hydrogen) atoms. The van der Waals surface area contributed by atoms with Gasteiger partial charge < -0.3 is 4.98 Å². The number of nitrogens with one attached hydrogen (secondary N) is 1. The normalized spacial score (nSPS) is 10.5. The Balaban J connectivity index is 2.92. The standard InChI is InChI=1S/C7H11NS3/c9-2-5-1-6(3-10)8-7(5)4-11/h1,8-11H,2-4H2. The molecule has 0 aliphatic rings. The van der Waals surface area contributed by atoms with Crippen LogP contribution in [0.25, 0.3) is 0 Å². The lowest BCUT2D eigenvalue weighted by atomic mass is 10.3. The van der Waals surface area contributed by atoms with Crippen LogP contribution in [-0.4, -0.2) is 4.98 Å². The topological polar surface area (TPSA) is 15.8 Å². The first kappa shape index (κ1) is 9.42. The van der Waals surface area contributed by atoms with Gasteiger partial charge in [0.1, 0.15) is 0 Å². The zero-order chi connectivity index (χ0) is 8.27. The largest absolute Gasteiger partial charge is 0.361 e. The average molecular weight is 205 g/mol. The molecule has 1 N–H and O–H groups in total. The van der Waals surface area contributed by atoms with Crippen molar-refractivity contribution >= 4 is 37.9 Å². The van der Waals surface area contributed by atoms with Gasteiger partial charge in [0, 0.05) is 28.6 Å². The van der Waals surface area contributed by atoms with E-state index in [9.17, 15) is 0 Å². The summed E-state index contributed by atoms with van der Waals surface area (Å²) in [4.78, 5) is 3.23. The molecule has 1 aromatic heterocycles. The van der Waals surface area contributed by atoms with Gasteiger partial charge >= 0.3 is 0 Å². The number of H-pyrrole nitrogens is 1. The molecule has 1 nitrogen and oxygen atoms in total. The van der Waals surface area contributed by atoms with Crippen LogP contribution < -0.4 is 0 Å². The van der Waals surface area contributed by atoms with Crippen molar-refractivity contribution < 1.29 is 0 Å². The fourth-order valence-corrected chi connectivity index (χ4v) is 1.71. The first-order valence-corrected chi connectivity index (χ1v) is 5.23. The number of rotatable bonds is 3. The van der Waals surface area contributed by atoms with Crippen LogP contribution in [-0.2, 0) is 17.3 Å². The second-order valence-electron chi connectivity index (χ2n) is 2.27. The number of thiol groups is 3. The van der Waals surface area contributed by atoms with Gasteiger partial charge in [-0.15, -0.1) is 0 Å². The smallest absolute Gasteiger partial charge is 0.0309 e. The molecule has 0 bridgehead atoms. The summed E-state index contributed by atoms with van der Waals surface area (Å²) in [6.07, 6.45) is 0. The third-order valence-electron chi connectivity index (χ3n) is 1.55. The molecule has 1 aromatic rings. The minimum Gasteiger partial charge on any atom is -0.361 e. The Hall–Kier alpha value is 0.330. The summed E-state index contributed by atoms with van der Waals surface area (Å²) in [6.45, 7) is 0. The summed E-state index contributed by atoms with van der Waals surface area (Å²) < 4.78 is 0. The third kappa shape index (κ3) is 2.13. The second kappa shape index (κ2) is 4.38. The van der Waals surface area contributed by atoms with E-state index in [1.54, 1.807) is 0 Å². The van der Waals surface area contributed by atoms with E-state index < -0.39 is 0 Å². The lowest BCUT2D eigenvalue weighted by Crippen LogP contribution is -1.83. The molecule has 0 aliphatic carbocycles. The first-order chi connectivity index (χ1) is 5.31. The number of hydrogen-bond acceptors (Lipinski definition) is 3. The van der Waals surface area contributed by atoms with Crippen LogP contribution >= 0.6 is 37.9 Å². The van der Waals surface area contributed by atoms with Crippen molar-refractivity contribution in [1.82, 2.24) is 4.98 Å². The molecule has 62 valence electrons. The Morgan fingerprint density at radius 1 is 1.09 bits per heavy atom. The van der Waals surface area contributed by atoms with E-state index in [0.29, 0.717) is 0 Å². The highest BCUT2D eigenvalue weighted by Gasteiger charge is 2.03. The Bertz CT molecular complexity index is 210.